The van der Waals surface area contributed by atoms with Crippen LogP contribution in [0.4, 0.5) is 11.4 Å². The summed E-state index contributed by atoms with van der Waals surface area (Å²) in [6, 6.07) is 0.430. The number of anilines is 2. The summed E-state index contributed by atoms with van der Waals surface area (Å²) in [5, 5.41) is 48.4. The number of aromatic hydroxyl groups is 1. The standard InChI is InChI=1S/C30H41N5O8/c1-13(2)11-35(7)12-19(36)32-17-10-18(33(3)4)15-8-14-9-16-23(34(5)6)26(39)22(29(31)42)28(41)30(16,43)27(40)20(14)25(38)21(15)24(17)37/h10,13-14,16,23,37-38,41,43H,8-9,11-12H2,1-7H3,(H2,31,42)(H,32,36)/t14-,16-,23-,30-/m0/s1. The lowest BCUT2D eigenvalue weighted by Gasteiger charge is -2.50. The number of phenols is 1. The predicted molar refractivity (Wildman–Crippen MR) is 160 cm³/mol. The molecule has 0 spiro atoms. The van der Waals surface area contributed by atoms with E-state index in [-0.39, 0.29) is 36.2 Å². The zero-order chi connectivity index (χ0) is 32.3. The number of rotatable bonds is 8. The van der Waals surface area contributed by atoms with Gasteiger partial charge in [-0.25, -0.2) is 0 Å². The molecule has 1 aromatic carbocycles. The zero-order valence-electron chi connectivity index (χ0n) is 25.6. The number of hydrogen-bond donors (Lipinski definition) is 6. The van der Waals surface area contributed by atoms with Crippen LogP contribution in [-0.4, -0.2) is 114 Å². The van der Waals surface area contributed by atoms with E-state index in [9.17, 15) is 39.6 Å². The fraction of sp³-hybridized carbons (Fsp3) is 0.533. The molecule has 4 rings (SSSR count). The molecule has 0 unspecified atom stereocenters. The Morgan fingerprint density at radius 1 is 1.12 bits per heavy atom. The molecule has 7 N–H and O–H groups in total. The van der Waals surface area contributed by atoms with Crippen molar-refractivity contribution < 1.29 is 39.6 Å². The zero-order valence-corrected chi connectivity index (χ0v) is 25.6. The van der Waals surface area contributed by atoms with E-state index in [1.54, 1.807) is 46.2 Å². The van der Waals surface area contributed by atoms with Gasteiger partial charge in [0.25, 0.3) is 5.91 Å². The van der Waals surface area contributed by atoms with Crippen LogP contribution in [0.2, 0.25) is 0 Å². The lowest BCUT2D eigenvalue weighted by atomic mass is 9.57. The lowest BCUT2D eigenvalue weighted by molar-refractivity contribution is -0.153. The molecule has 2 amide bonds. The van der Waals surface area contributed by atoms with E-state index in [2.05, 4.69) is 5.32 Å². The molecule has 1 fully saturated rings. The van der Waals surface area contributed by atoms with Crippen molar-refractivity contribution in [2.45, 2.75) is 38.3 Å². The number of hydrogen-bond acceptors (Lipinski definition) is 11. The van der Waals surface area contributed by atoms with Gasteiger partial charge in [0.2, 0.25) is 11.7 Å². The van der Waals surface area contributed by atoms with Crippen molar-refractivity contribution in [1.29, 1.82) is 0 Å². The number of phenolic OH excluding ortho intramolecular Hbond substituents is 1. The molecule has 43 heavy (non-hydrogen) atoms. The van der Waals surface area contributed by atoms with E-state index >= 15 is 0 Å². The van der Waals surface area contributed by atoms with Gasteiger partial charge in [0.15, 0.2) is 11.4 Å². The highest BCUT2D eigenvalue weighted by Crippen LogP contribution is 2.54. The number of amides is 2. The summed E-state index contributed by atoms with van der Waals surface area (Å²) in [5.41, 5.74) is 2.53. The smallest absolute Gasteiger partial charge is 0.255 e. The molecular formula is C30H41N5O8. The van der Waals surface area contributed by atoms with Crippen LogP contribution < -0.4 is 16.0 Å². The van der Waals surface area contributed by atoms with Crippen molar-refractivity contribution in [3.05, 3.63) is 34.1 Å². The van der Waals surface area contributed by atoms with E-state index in [1.807, 2.05) is 18.7 Å². The molecule has 4 atom stereocenters. The maximum absolute atomic E-state index is 14.1. The molecule has 3 aliphatic rings. The van der Waals surface area contributed by atoms with E-state index in [0.717, 1.165) is 0 Å². The first-order chi connectivity index (χ1) is 19.9. The highest BCUT2D eigenvalue weighted by molar-refractivity contribution is 6.24. The Kier molecular flexibility index (Phi) is 8.39. The second-order valence-electron chi connectivity index (χ2n) is 12.6. The van der Waals surface area contributed by atoms with Crippen molar-refractivity contribution in [3.63, 3.8) is 0 Å². The Morgan fingerprint density at radius 3 is 2.28 bits per heavy atom. The molecule has 0 radical (unpaired) electrons. The van der Waals surface area contributed by atoms with Gasteiger partial charge in [0.1, 0.15) is 22.8 Å². The van der Waals surface area contributed by atoms with Crippen LogP contribution >= 0.6 is 0 Å². The molecule has 0 bridgehead atoms. The molecule has 1 saturated carbocycles. The summed E-state index contributed by atoms with van der Waals surface area (Å²) in [4.78, 5) is 57.4. The van der Waals surface area contributed by atoms with Gasteiger partial charge in [-0.05, 0) is 57.5 Å². The van der Waals surface area contributed by atoms with Gasteiger partial charge in [-0.15, -0.1) is 0 Å². The minimum atomic E-state index is -2.72. The van der Waals surface area contributed by atoms with Crippen LogP contribution in [0.15, 0.2) is 23.0 Å². The van der Waals surface area contributed by atoms with Crippen molar-refractivity contribution in [2.75, 3.05) is 58.5 Å². The molecule has 3 aliphatic carbocycles. The van der Waals surface area contributed by atoms with Crippen molar-refractivity contribution >= 4 is 40.5 Å². The molecule has 234 valence electrons. The third-order valence-electron chi connectivity index (χ3n) is 8.54. The average Bonchev–Trinajstić information content (AvgIpc) is 2.86. The number of likely N-dealkylation sites (N-methyl/N-ethyl adjacent to an activating group) is 2. The number of carbonyl (C=O) groups excluding carboxylic acids is 4. The average molecular weight is 600 g/mol. The van der Waals surface area contributed by atoms with E-state index < -0.39 is 69.7 Å². The van der Waals surface area contributed by atoms with Gasteiger partial charge in [-0.3, -0.25) is 29.0 Å². The number of nitrogens with zero attached hydrogens (tertiary/aromatic N) is 3. The molecule has 13 nitrogen and oxygen atoms in total. The van der Waals surface area contributed by atoms with Crippen LogP contribution in [-0.2, 0) is 25.6 Å². The number of ketones is 2. The molecule has 0 saturated heterocycles. The Bertz CT molecular complexity index is 1460. The van der Waals surface area contributed by atoms with Crippen LogP contribution in [0, 0.1) is 17.8 Å². The van der Waals surface area contributed by atoms with E-state index in [0.29, 0.717) is 23.7 Å². The summed E-state index contributed by atoms with van der Waals surface area (Å²) < 4.78 is 0. The van der Waals surface area contributed by atoms with Crippen molar-refractivity contribution in [3.8, 4) is 5.75 Å². The van der Waals surface area contributed by atoms with Crippen LogP contribution in [0.5, 0.6) is 5.75 Å². The maximum atomic E-state index is 14.1. The molecule has 0 heterocycles. The normalized spacial score (nSPS) is 25.2. The second kappa shape index (κ2) is 11.3. The Morgan fingerprint density at radius 2 is 1.74 bits per heavy atom. The number of Topliss-reactive ketones (excluding diaryl/α,β-unsaturated/α-hetero) is 2. The molecule has 0 aromatic heterocycles. The summed E-state index contributed by atoms with van der Waals surface area (Å²) in [5.74, 6) is -7.36. The van der Waals surface area contributed by atoms with Gasteiger partial charge in [0, 0.05) is 37.8 Å². The van der Waals surface area contributed by atoms with E-state index in [4.69, 9.17) is 5.73 Å². The second-order valence-corrected chi connectivity index (χ2v) is 12.6. The molecule has 1 aromatic rings. The van der Waals surface area contributed by atoms with E-state index in [1.165, 1.54) is 4.90 Å². The number of aliphatic hydroxyl groups is 3. The number of nitrogens with two attached hydrogens (primary N) is 1. The maximum Gasteiger partial charge on any atom is 0.255 e. The quantitative estimate of drug-likeness (QED) is 0.180. The summed E-state index contributed by atoms with van der Waals surface area (Å²) in [6.45, 7) is 4.77. The Hall–Kier alpha value is -3.94. The van der Waals surface area contributed by atoms with Crippen LogP contribution in [0.1, 0.15) is 31.4 Å². The highest BCUT2D eigenvalue weighted by Gasteiger charge is 2.64. The lowest BCUT2D eigenvalue weighted by Crippen LogP contribution is -2.65. The number of benzene rings is 1. The first-order valence-electron chi connectivity index (χ1n) is 14.1. The van der Waals surface area contributed by atoms with Crippen molar-refractivity contribution in [2.24, 2.45) is 23.5 Å². The fourth-order valence-electron chi connectivity index (χ4n) is 6.91. The van der Waals surface area contributed by atoms with Gasteiger partial charge < -0.3 is 36.4 Å². The largest absolute Gasteiger partial charge is 0.508 e. The minimum absolute atomic E-state index is 0.0138. The Balaban J connectivity index is 1.87. The van der Waals surface area contributed by atoms with Gasteiger partial charge in [-0.2, -0.15) is 0 Å². The number of primary amides is 1. The monoisotopic (exact) mass is 599 g/mol. The van der Waals surface area contributed by atoms with Crippen LogP contribution in [0.25, 0.3) is 5.76 Å². The van der Waals surface area contributed by atoms with Gasteiger partial charge in [0.05, 0.1) is 23.8 Å². The Labute approximate surface area is 250 Å². The molecular weight excluding hydrogens is 558 g/mol. The number of fused-ring (bicyclic) bond motifs is 3. The summed E-state index contributed by atoms with van der Waals surface area (Å²) >= 11 is 0. The third kappa shape index (κ3) is 5.15. The number of carbonyl (C=O) groups is 4. The minimum Gasteiger partial charge on any atom is -0.508 e. The SMILES string of the molecule is CC(C)CN(C)CC(=O)Nc1cc(N(C)C)c2c(c1O)C(O)=C1C(=O)[C@]3(O)C(O)=C(C(N)=O)C(=O)[C@@H](N(C)C)[C@@H]3C[C@@H]1C2. The van der Waals surface area contributed by atoms with Gasteiger partial charge in [-0.1, -0.05) is 13.8 Å². The molecule has 0 aliphatic heterocycles. The highest BCUT2D eigenvalue weighted by atomic mass is 16.3. The van der Waals surface area contributed by atoms with Gasteiger partial charge >= 0.3 is 0 Å². The summed E-state index contributed by atoms with van der Waals surface area (Å²) in [6.07, 6.45) is 0.126. The summed E-state index contributed by atoms with van der Waals surface area (Å²) in [7, 11) is 8.41. The topological polar surface area (TPSA) is 197 Å². The third-order valence-corrected chi connectivity index (χ3v) is 8.54. The first-order valence-corrected chi connectivity index (χ1v) is 14.1. The number of aliphatic hydroxyl groups excluding tert-OH is 2. The van der Waals surface area contributed by atoms with Crippen molar-refractivity contribution in [1.82, 2.24) is 9.80 Å². The first kappa shape index (κ1) is 32.0. The predicted octanol–water partition coefficient (Wildman–Crippen LogP) is 0.556. The van der Waals surface area contributed by atoms with Crippen LogP contribution in [0.3, 0.4) is 0 Å². The molecule has 13 heteroatoms. The fourth-order valence-corrected chi connectivity index (χ4v) is 6.91. The number of nitrogens with one attached hydrogen (secondary N) is 1.